The fourth-order valence-electron chi connectivity index (χ4n) is 4.46. The molecule has 1 aromatic rings. The average Bonchev–Trinajstić information content (AvgIpc) is 3.21. The Hall–Kier alpha value is -1.70. The first-order valence-electron chi connectivity index (χ1n) is 11.1. The van der Waals surface area contributed by atoms with Crippen molar-refractivity contribution in [1.82, 2.24) is 0 Å². The molecule has 146 valence electrons. The molecule has 1 saturated carbocycles. The predicted molar refractivity (Wildman–Crippen MR) is 115 cm³/mol. The molecule has 0 aliphatic heterocycles. The molecule has 0 spiro atoms. The van der Waals surface area contributed by atoms with Crippen LogP contribution in [0, 0.1) is 5.92 Å². The molecule has 2 heteroatoms. The number of allylic oxidation sites excluding steroid dienone is 2. The number of ketones is 1. The molecule has 0 saturated heterocycles. The van der Waals surface area contributed by atoms with Crippen LogP contribution in [0.5, 0.6) is 0 Å². The SMILES string of the molecule is CCCC(=N/C1=C(\C)CCCCCC1)c1ccc(C(=O)C2CCCC2)cc1. The van der Waals surface area contributed by atoms with Gasteiger partial charge in [-0.25, -0.2) is 0 Å². The molecule has 0 aromatic heterocycles. The maximum atomic E-state index is 12.6. The lowest BCUT2D eigenvalue weighted by Gasteiger charge is -2.15. The van der Waals surface area contributed by atoms with Gasteiger partial charge in [-0.3, -0.25) is 9.79 Å². The summed E-state index contributed by atoms with van der Waals surface area (Å²) in [6, 6.07) is 8.30. The number of carbonyl (C=O) groups is 1. The largest absolute Gasteiger partial charge is 0.294 e. The normalized spacial score (nSPS) is 22.5. The molecular weight excluding hydrogens is 330 g/mol. The first kappa shape index (κ1) is 20.0. The Morgan fingerprint density at radius 2 is 1.56 bits per heavy atom. The summed E-state index contributed by atoms with van der Waals surface area (Å²) in [6.07, 6.45) is 14.2. The highest BCUT2D eigenvalue weighted by atomic mass is 16.1. The molecule has 0 radical (unpaired) electrons. The molecule has 0 unspecified atom stereocenters. The molecule has 1 aromatic carbocycles. The van der Waals surface area contributed by atoms with E-state index in [1.54, 1.807) is 0 Å². The van der Waals surface area contributed by atoms with Crippen LogP contribution in [-0.4, -0.2) is 11.5 Å². The lowest BCUT2D eigenvalue weighted by molar-refractivity contribution is 0.0923. The fraction of sp³-hybridized carbons (Fsp3) is 0.600. The van der Waals surface area contributed by atoms with Crippen LogP contribution in [0.4, 0.5) is 0 Å². The van der Waals surface area contributed by atoms with Crippen molar-refractivity contribution in [2.45, 2.75) is 90.9 Å². The zero-order valence-electron chi connectivity index (χ0n) is 17.2. The van der Waals surface area contributed by atoms with Crippen LogP contribution >= 0.6 is 0 Å². The van der Waals surface area contributed by atoms with Gasteiger partial charge in [0.05, 0.1) is 0 Å². The van der Waals surface area contributed by atoms with Crippen LogP contribution in [0.1, 0.15) is 107 Å². The maximum absolute atomic E-state index is 12.6. The van der Waals surface area contributed by atoms with Gasteiger partial charge in [0.1, 0.15) is 0 Å². The van der Waals surface area contributed by atoms with Gasteiger partial charge in [0, 0.05) is 22.9 Å². The van der Waals surface area contributed by atoms with Crippen molar-refractivity contribution < 1.29 is 4.79 Å². The van der Waals surface area contributed by atoms with Crippen molar-refractivity contribution in [2.24, 2.45) is 10.9 Å². The number of hydrogen-bond acceptors (Lipinski definition) is 2. The second-order valence-electron chi connectivity index (χ2n) is 8.37. The standard InChI is InChI=1S/C25H35NO/c1-3-10-24(26-23-14-7-5-4-6-11-19(23)2)20-15-17-22(18-16-20)25(27)21-12-8-9-13-21/h15-18,21H,3-14H2,1-2H3/b23-19+,26-24?. The van der Waals surface area contributed by atoms with E-state index in [-0.39, 0.29) is 5.92 Å². The quantitative estimate of drug-likeness (QED) is 0.385. The van der Waals surface area contributed by atoms with E-state index in [0.717, 1.165) is 37.7 Å². The molecule has 2 nitrogen and oxygen atoms in total. The molecular formula is C25H35NO. The number of aliphatic imine (C=N–C) groups is 1. The van der Waals surface area contributed by atoms with Gasteiger partial charge in [0.15, 0.2) is 5.78 Å². The van der Waals surface area contributed by atoms with Gasteiger partial charge in [-0.15, -0.1) is 0 Å². The third-order valence-corrected chi connectivity index (χ3v) is 6.19. The Kier molecular flexibility index (Phi) is 7.43. The zero-order valence-corrected chi connectivity index (χ0v) is 17.2. The number of benzene rings is 1. The van der Waals surface area contributed by atoms with E-state index in [9.17, 15) is 4.79 Å². The van der Waals surface area contributed by atoms with E-state index in [1.807, 2.05) is 12.1 Å². The van der Waals surface area contributed by atoms with Crippen LogP contribution in [0.3, 0.4) is 0 Å². The summed E-state index contributed by atoms with van der Waals surface area (Å²) in [6.45, 7) is 4.48. The van der Waals surface area contributed by atoms with Crippen molar-refractivity contribution >= 4 is 11.5 Å². The first-order chi connectivity index (χ1) is 13.2. The fourth-order valence-corrected chi connectivity index (χ4v) is 4.46. The van der Waals surface area contributed by atoms with Gasteiger partial charge in [0.25, 0.3) is 0 Å². The van der Waals surface area contributed by atoms with Crippen LogP contribution in [0.2, 0.25) is 0 Å². The molecule has 0 amide bonds. The van der Waals surface area contributed by atoms with E-state index in [0.29, 0.717) is 5.78 Å². The average molecular weight is 366 g/mol. The van der Waals surface area contributed by atoms with E-state index in [1.165, 1.54) is 67.5 Å². The van der Waals surface area contributed by atoms with Crippen LogP contribution in [-0.2, 0) is 0 Å². The minimum atomic E-state index is 0.252. The molecule has 2 aliphatic carbocycles. The van der Waals surface area contributed by atoms with Gasteiger partial charge in [0.2, 0.25) is 0 Å². The predicted octanol–water partition coefficient (Wildman–Crippen LogP) is 7.28. The first-order valence-corrected chi connectivity index (χ1v) is 11.1. The Morgan fingerprint density at radius 3 is 2.22 bits per heavy atom. The number of rotatable bonds is 6. The van der Waals surface area contributed by atoms with E-state index in [2.05, 4.69) is 26.0 Å². The minimum absolute atomic E-state index is 0.252. The Bertz CT molecular complexity index is 690. The monoisotopic (exact) mass is 365 g/mol. The highest BCUT2D eigenvalue weighted by Crippen LogP contribution is 2.29. The highest BCUT2D eigenvalue weighted by Gasteiger charge is 2.23. The van der Waals surface area contributed by atoms with Gasteiger partial charge >= 0.3 is 0 Å². The smallest absolute Gasteiger partial charge is 0.165 e. The maximum Gasteiger partial charge on any atom is 0.165 e. The lowest BCUT2D eigenvalue weighted by Crippen LogP contribution is -2.11. The van der Waals surface area contributed by atoms with Crippen LogP contribution < -0.4 is 0 Å². The Morgan fingerprint density at radius 1 is 0.926 bits per heavy atom. The van der Waals surface area contributed by atoms with Crippen molar-refractivity contribution in [1.29, 1.82) is 0 Å². The second-order valence-corrected chi connectivity index (χ2v) is 8.37. The third-order valence-electron chi connectivity index (χ3n) is 6.19. The zero-order chi connectivity index (χ0) is 19.1. The number of Topliss-reactive ketones (excluding diaryl/α,β-unsaturated/α-hetero) is 1. The number of hydrogen-bond donors (Lipinski definition) is 0. The minimum Gasteiger partial charge on any atom is -0.294 e. The molecule has 2 aliphatic rings. The second kappa shape index (κ2) is 10.0. The van der Waals surface area contributed by atoms with Gasteiger partial charge < -0.3 is 0 Å². The molecule has 0 N–H and O–H groups in total. The molecule has 0 heterocycles. The van der Waals surface area contributed by atoms with E-state index < -0.39 is 0 Å². The summed E-state index contributed by atoms with van der Waals surface area (Å²) in [4.78, 5) is 17.8. The van der Waals surface area contributed by atoms with Crippen molar-refractivity contribution in [3.8, 4) is 0 Å². The molecule has 1 fully saturated rings. The summed E-state index contributed by atoms with van der Waals surface area (Å²) in [5.74, 6) is 0.592. The third kappa shape index (κ3) is 5.40. The highest BCUT2D eigenvalue weighted by molar-refractivity contribution is 6.03. The topological polar surface area (TPSA) is 29.4 Å². The Balaban J connectivity index is 1.81. The summed E-state index contributed by atoms with van der Waals surface area (Å²) < 4.78 is 0. The van der Waals surface area contributed by atoms with Crippen molar-refractivity contribution in [2.75, 3.05) is 0 Å². The van der Waals surface area contributed by atoms with E-state index >= 15 is 0 Å². The van der Waals surface area contributed by atoms with E-state index in [4.69, 9.17) is 4.99 Å². The molecule has 3 rings (SSSR count). The summed E-state index contributed by atoms with van der Waals surface area (Å²) in [5.41, 5.74) is 6.03. The summed E-state index contributed by atoms with van der Waals surface area (Å²) in [5, 5.41) is 0. The Labute approximate surface area is 165 Å². The van der Waals surface area contributed by atoms with Gasteiger partial charge in [-0.1, -0.05) is 68.9 Å². The van der Waals surface area contributed by atoms with Crippen molar-refractivity contribution in [3.05, 3.63) is 46.7 Å². The molecule has 27 heavy (non-hydrogen) atoms. The number of carbonyl (C=O) groups excluding carboxylic acids is 1. The van der Waals surface area contributed by atoms with Crippen LogP contribution in [0.25, 0.3) is 0 Å². The van der Waals surface area contributed by atoms with Gasteiger partial charge in [-0.05, 0) is 57.4 Å². The number of nitrogens with zero attached hydrogens (tertiary/aromatic N) is 1. The van der Waals surface area contributed by atoms with Crippen molar-refractivity contribution in [3.63, 3.8) is 0 Å². The summed E-state index contributed by atoms with van der Waals surface area (Å²) >= 11 is 0. The molecule has 0 atom stereocenters. The summed E-state index contributed by atoms with van der Waals surface area (Å²) in [7, 11) is 0. The lowest BCUT2D eigenvalue weighted by atomic mass is 9.94. The van der Waals surface area contributed by atoms with Crippen LogP contribution in [0.15, 0.2) is 40.5 Å². The molecule has 0 bridgehead atoms. The van der Waals surface area contributed by atoms with Gasteiger partial charge in [-0.2, -0.15) is 0 Å².